The zero-order chi connectivity index (χ0) is 15.9. The minimum absolute atomic E-state index is 0.147. The minimum Gasteiger partial charge on any atom is -0.502 e. The van der Waals surface area contributed by atoms with Gasteiger partial charge in [0, 0.05) is 6.42 Å². The Labute approximate surface area is 129 Å². The Balaban J connectivity index is 2.03. The molecule has 0 heterocycles. The monoisotopic (exact) mass is 302 g/mol. The number of phenols is 1. The Hall–Kier alpha value is -2.69. The molecule has 2 rings (SSSR count). The van der Waals surface area contributed by atoms with E-state index in [1.807, 2.05) is 30.3 Å². The van der Waals surface area contributed by atoms with E-state index in [1.165, 1.54) is 26.4 Å². The molecule has 22 heavy (non-hydrogen) atoms. The van der Waals surface area contributed by atoms with E-state index in [0.29, 0.717) is 6.42 Å². The minimum atomic E-state index is -0.493. The summed E-state index contributed by atoms with van der Waals surface area (Å²) >= 11 is 0. The molecule has 0 spiro atoms. The Bertz CT molecular complexity index is 612. The van der Waals surface area contributed by atoms with Gasteiger partial charge >= 0.3 is 5.97 Å². The van der Waals surface area contributed by atoms with Crippen LogP contribution in [0.2, 0.25) is 0 Å². The maximum absolute atomic E-state index is 12.1. The second kappa shape index (κ2) is 7.36. The zero-order valence-electron chi connectivity index (χ0n) is 12.5. The van der Waals surface area contributed by atoms with Crippen molar-refractivity contribution in [2.24, 2.45) is 0 Å². The molecule has 0 saturated heterocycles. The van der Waals surface area contributed by atoms with Gasteiger partial charge in [0.15, 0.2) is 11.5 Å². The Morgan fingerprint density at radius 3 is 2.18 bits per heavy atom. The number of esters is 1. The van der Waals surface area contributed by atoms with Crippen molar-refractivity contribution in [2.75, 3.05) is 20.8 Å². The average molecular weight is 302 g/mol. The van der Waals surface area contributed by atoms with Crippen LogP contribution in [0, 0.1) is 0 Å². The van der Waals surface area contributed by atoms with E-state index in [1.54, 1.807) is 0 Å². The van der Waals surface area contributed by atoms with Crippen LogP contribution in [-0.4, -0.2) is 31.9 Å². The summed E-state index contributed by atoms with van der Waals surface area (Å²) in [5, 5.41) is 9.82. The number of ether oxygens (including phenoxy) is 3. The van der Waals surface area contributed by atoms with Crippen LogP contribution in [0.25, 0.3) is 0 Å². The molecule has 116 valence electrons. The summed E-state index contributed by atoms with van der Waals surface area (Å²) in [6.07, 6.45) is 0.638. The number of rotatable bonds is 6. The number of phenolic OH excluding ortho intramolecular Hbond substituents is 1. The third kappa shape index (κ3) is 3.69. The number of methoxy groups -OCH3 is 2. The highest BCUT2D eigenvalue weighted by molar-refractivity contribution is 5.91. The fraction of sp³-hybridized carbons (Fsp3) is 0.235. The first-order valence-electron chi connectivity index (χ1n) is 6.81. The normalized spacial score (nSPS) is 10.1. The predicted molar refractivity (Wildman–Crippen MR) is 81.6 cm³/mol. The Morgan fingerprint density at radius 2 is 1.64 bits per heavy atom. The van der Waals surface area contributed by atoms with E-state index < -0.39 is 5.97 Å². The van der Waals surface area contributed by atoms with Crippen LogP contribution in [0.4, 0.5) is 0 Å². The van der Waals surface area contributed by atoms with Crippen LogP contribution in [0.1, 0.15) is 15.9 Å². The summed E-state index contributed by atoms with van der Waals surface area (Å²) in [5.74, 6) is -0.318. The highest BCUT2D eigenvalue weighted by atomic mass is 16.5. The van der Waals surface area contributed by atoms with E-state index in [4.69, 9.17) is 14.2 Å². The molecule has 0 amide bonds. The number of hydrogen-bond donors (Lipinski definition) is 1. The lowest BCUT2D eigenvalue weighted by atomic mass is 10.1. The summed E-state index contributed by atoms with van der Waals surface area (Å²) in [6.45, 7) is 0.272. The van der Waals surface area contributed by atoms with Gasteiger partial charge in [0.2, 0.25) is 5.75 Å². The predicted octanol–water partition coefficient (Wildman–Crippen LogP) is 2.81. The number of hydrogen-bond acceptors (Lipinski definition) is 5. The lowest BCUT2D eigenvalue weighted by molar-refractivity contribution is 0.0508. The van der Waals surface area contributed by atoms with Crippen molar-refractivity contribution in [1.29, 1.82) is 0 Å². The maximum atomic E-state index is 12.1. The van der Waals surface area contributed by atoms with Crippen molar-refractivity contribution >= 4 is 5.97 Å². The fourth-order valence-electron chi connectivity index (χ4n) is 2.00. The summed E-state index contributed by atoms with van der Waals surface area (Å²) in [6, 6.07) is 12.6. The van der Waals surface area contributed by atoms with E-state index in [9.17, 15) is 9.90 Å². The Kier molecular flexibility index (Phi) is 5.25. The van der Waals surface area contributed by atoms with E-state index in [-0.39, 0.29) is 29.4 Å². The van der Waals surface area contributed by atoms with Gasteiger partial charge < -0.3 is 19.3 Å². The van der Waals surface area contributed by atoms with Crippen LogP contribution in [-0.2, 0) is 11.2 Å². The summed E-state index contributed by atoms with van der Waals surface area (Å²) in [7, 11) is 2.80. The molecule has 0 aliphatic carbocycles. The highest BCUT2D eigenvalue weighted by Gasteiger charge is 2.16. The lowest BCUT2D eigenvalue weighted by Crippen LogP contribution is -2.08. The van der Waals surface area contributed by atoms with Gasteiger partial charge in [-0.3, -0.25) is 0 Å². The number of aromatic hydroxyl groups is 1. The number of benzene rings is 2. The van der Waals surface area contributed by atoms with E-state index in [0.717, 1.165) is 5.56 Å². The van der Waals surface area contributed by atoms with Gasteiger partial charge in [0.25, 0.3) is 0 Å². The number of carbonyl (C=O) groups excluding carboxylic acids is 1. The van der Waals surface area contributed by atoms with Gasteiger partial charge in [0.05, 0.1) is 26.4 Å². The molecule has 2 aromatic carbocycles. The average Bonchev–Trinajstić information content (AvgIpc) is 2.56. The summed E-state index contributed by atoms with van der Waals surface area (Å²) in [5.41, 5.74) is 1.36. The SMILES string of the molecule is COc1cc(C(=O)OCCc2ccccc2)cc(OC)c1O. The lowest BCUT2D eigenvalue weighted by Gasteiger charge is -2.11. The zero-order valence-corrected chi connectivity index (χ0v) is 12.5. The van der Waals surface area contributed by atoms with Crippen LogP contribution < -0.4 is 9.47 Å². The third-order valence-electron chi connectivity index (χ3n) is 3.18. The standard InChI is InChI=1S/C17H18O5/c1-20-14-10-13(11-15(21-2)16(14)18)17(19)22-9-8-12-6-4-3-5-7-12/h3-7,10-11,18H,8-9H2,1-2H3. The van der Waals surface area contributed by atoms with Gasteiger partial charge in [-0.2, -0.15) is 0 Å². The first-order valence-corrected chi connectivity index (χ1v) is 6.81. The van der Waals surface area contributed by atoms with Gasteiger partial charge in [0.1, 0.15) is 0 Å². The molecule has 0 atom stereocenters. The molecule has 5 heteroatoms. The molecule has 2 aromatic rings. The van der Waals surface area contributed by atoms with Crippen molar-refractivity contribution in [2.45, 2.75) is 6.42 Å². The van der Waals surface area contributed by atoms with Crippen molar-refractivity contribution in [1.82, 2.24) is 0 Å². The van der Waals surface area contributed by atoms with Crippen LogP contribution >= 0.6 is 0 Å². The van der Waals surface area contributed by atoms with Crippen molar-refractivity contribution < 1.29 is 24.1 Å². The van der Waals surface area contributed by atoms with Crippen LogP contribution in [0.15, 0.2) is 42.5 Å². The smallest absolute Gasteiger partial charge is 0.338 e. The third-order valence-corrected chi connectivity index (χ3v) is 3.18. The molecule has 0 fully saturated rings. The summed E-state index contributed by atoms with van der Waals surface area (Å²) < 4.78 is 15.3. The molecule has 0 radical (unpaired) electrons. The fourth-order valence-corrected chi connectivity index (χ4v) is 2.00. The molecule has 0 saturated carbocycles. The molecule has 5 nitrogen and oxygen atoms in total. The van der Waals surface area contributed by atoms with E-state index in [2.05, 4.69) is 0 Å². The first kappa shape index (κ1) is 15.7. The molecule has 0 unspecified atom stereocenters. The molecule has 0 aromatic heterocycles. The molecule has 0 bridgehead atoms. The summed E-state index contributed by atoms with van der Waals surface area (Å²) in [4.78, 5) is 12.1. The second-order valence-electron chi connectivity index (χ2n) is 4.60. The van der Waals surface area contributed by atoms with Gasteiger partial charge in [-0.1, -0.05) is 30.3 Å². The molecule has 0 aliphatic heterocycles. The largest absolute Gasteiger partial charge is 0.502 e. The second-order valence-corrected chi connectivity index (χ2v) is 4.60. The van der Waals surface area contributed by atoms with Crippen molar-refractivity contribution in [3.8, 4) is 17.2 Å². The molecule has 0 aliphatic rings. The van der Waals surface area contributed by atoms with Crippen molar-refractivity contribution in [3.63, 3.8) is 0 Å². The molecular weight excluding hydrogens is 284 g/mol. The highest BCUT2D eigenvalue weighted by Crippen LogP contribution is 2.37. The topological polar surface area (TPSA) is 65.0 Å². The van der Waals surface area contributed by atoms with Crippen LogP contribution in [0.5, 0.6) is 17.2 Å². The Morgan fingerprint density at radius 1 is 1.05 bits per heavy atom. The quantitative estimate of drug-likeness (QED) is 0.831. The van der Waals surface area contributed by atoms with Gasteiger partial charge in [-0.15, -0.1) is 0 Å². The van der Waals surface area contributed by atoms with E-state index >= 15 is 0 Å². The van der Waals surface area contributed by atoms with Crippen LogP contribution in [0.3, 0.4) is 0 Å². The molecule has 1 N–H and O–H groups in total. The molecular formula is C17H18O5. The van der Waals surface area contributed by atoms with Crippen molar-refractivity contribution in [3.05, 3.63) is 53.6 Å². The van der Waals surface area contributed by atoms with Gasteiger partial charge in [-0.25, -0.2) is 4.79 Å². The maximum Gasteiger partial charge on any atom is 0.338 e. The first-order chi connectivity index (χ1) is 10.7. The van der Waals surface area contributed by atoms with Gasteiger partial charge in [-0.05, 0) is 17.7 Å². The number of carbonyl (C=O) groups is 1.